The first-order valence-electron chi connectivity index (χ1n) is 6.26. The lowest BCUT2D eigenvalue weighted by molar-refractivity contribution is -0.143. The van der Waals surface area contributed by atoms with Gasteiger partial charge in [0.05, 0.1) is 6.54 Å². The first-order chi connectivity index (χ1) is 10.1. The van der Waals surface area contributed by atoms with Gasteiger partial charge in [-0.15, -0.1) is 0 Å². The van der Waals surface area contributed by atoms with Crippen molar-refractivity contribution in [1.82, 2.24) is 0 Å². The van der Waals surface area contributed by atoms with Crippen molar-refractivity contribution < 1.29 is 28.2 Å². The molecule has 2 rings (SSSR count). The molecule has 1 aliphatic heterocycles. The Morgan fingerprint density at radius 3 is 2.67 bits per heavy atom. The molecule has 2 N–H and O–H groups in total. The topological polar surface area (TPSA) is 87.9 Å². The fraction of sp³-hybridized carbons (Fsp3) is 0.286. The summed E-state index contributed by atoms with van der Waals surface area (Å²) in [7, 11) is 0. The molecule has 21 heavy (non-hydrogen) atoms. The lowest BCUT2D eigenvalue weighted by atomic mass is 10.1. The number of cyclic esters (lactones) is 1. The molecular formula is C14H14FNO5. The quantitative estimate of drug-likeness (QED) is 0.611. The summed E-state index contributed by atoms with van der Waals surface area (Å²) in [6.45, 7) is -0.117. The molecule has 0 fully saturated rings. The number of carbonyl (C=O) groups excluding carboxylic acids is 2. The number of nitrogens with two attached hydrogens (primary N) is 1. The lowest BCUT2D eigenvalue weighted by Gasteiger charge is -2.08. The third-order valence-electron chi connectivity index (χ3n) is 2.74. The summed E-state index contributed by atoms with van der Waals surface area (Å²) in [5, 5.41) is 0. The van der Waals surface area contributed by atoms with Crippen LogP contribution in [0.25, 0.3) is 5.57 Å². The molecule has 0 spiro atoms. The van der Waals surface area contributed by atoms with Crippen LogP contribution in [0.3, 0.4) is 0 Å². The molecule has 0 unspecified atom stereocenters. The van der Waals surface area contributed by atoms with Gasteiger partial charge in [-0.25, -0.2) is 9.18 Å². The Labute approximate surface area is 120 Å². The van der Waals surface area contributed by atoms with E-state index >= 15 is 0 Å². The molecule has 0 radical (unpaired) electrons. The number of carbonyl (C=O) groups is 2. The molecule has 1 heterocycles. The molecule has 0 aliphatic carbocycles. The highest BCUT2D eigenvalue weighted by Crippen LogP contribution is 2.27. The Morgan fingerprint density at radius 1 is 1.29 bits per heavy atom. The zero-order chi connectivity index (χ0) is 15.2. The maximum atomic E-state index is 12.9. The number of esters is 2. The van der Waals surface area contributed by atoms with E-state index in [0.29, 0.717) is 11.3 Å². The molecule has 1 aliphatic rings. The summed E-state index contributed by atoms with van der Waals surface area (Å²) in [6.07, 6.45) is 0. The molecular weight excluding hydrogens is 281 g/mol. The maximum absolute atomic E-state index is 12.9. The average molecular weight is 295 g/mol. The van der Waals surface area contributed by atoms with Crippen LogP contribution in [0.2, 0.25) is 0 Å². The normalized spacial score (nSPS) is 14.1. The minimum absolute atomic E-state index is 0.00359. The summed E-state index contributed by atoms with van der Waals surface area (Å²) in [4.78, 5) is 22.6. The van der Waals surface area contributed by atoms with Gasteiger partial charge in [-0.1, -0.05) is 12.1 Å². The first-order valence-corrected chi connectivity index (χ1v) is 6.26. The van der Waals surface area contributed by atoms with E-state index < -0.39 is 17.8 Å². The van der Waals surface area contributed by atoms with Crippen LogP contribution in [0.15, 0.2) is 30.0 Å². The van der Waals surface area contributed by atoms with E-state index in [4.69, 9.17) is 19.9 Å². The molecule has 112 valence electrons. The standard InChI is InChI=1S/C14H14FNO5/c15-10-3-1-9(2-4-10)13-11(8-21-14(13)18)19-5-6-20-12(17)7-16/h1-4H,5-8,16H2. The number of ether oxygens (including phenoxy) is 3. The van der Waals surface area contributed by atoms with Gasteiger partial charge >= 0.3 is 11.9 Å². The SMILES string of the molecule is NCC(=O)OCCOC1=C(c2ccc(F)cc2)C(=O)OC1. The van der Waals surface area contributed by atoms with Gasteiger partial charge in [0, 0.05) is 0 Å². The van der Waals surface area contributed by atoms with Crippen molar-refractivity contribution >= 4 is 17.5 Å². The van der Waals surface area contributed by atoms with Crippen LogP contribution in [-0.4, -0.2) is 38.3 Å². The van der Waals surface area contributed by atoms with Crippen molar-refractivity contribution in [2.45, 2.75) is 0 Å². The van der Waals surface area contributed by atoms with E-state index in [9.17, 15) is 14.0 Å². The molecule has 6 nitrogen and oxygen atoms in total. The third-order valence-corrected chi connectivity index (χ3v) is 2.74. The van der Waals surface area contributed by atoms with Crippen molar-refractivity contribution in [3.8, 4) is 0 Å². The van der Waals surface area contributed by atoms with Gasteiger partial charge in [-0.3, -0.25) is 4.79 Å². The fourth-order valence-electron chi connectivity index (χ4n) is 1.78. The summed E-state index contributed by atoms with van der Waals surface area (Å²) in [5.41, 5.74) is 5.84. The largest absolute Gasteiger partial charge is 0.490 e. The summed E-state index contributed by atoms with van der Waals surface area (Å²) in [5.74, 6) is -1.14. The van der Waals surface area contributed by atoms with E-state index in [2.05, 4.69) is 0 Å². The summed E-state index contributed by atoms with van der Waals surface area (Å²) >= 11 is 0. The predicted molar refractivity (Wildman–Crippen MR) is 70.2 cm³/mol. The van der Waals surface area contributed by atoms with Crippen LogP contribution in [0.1, 0.15) is 5.56 Å². The Hall–Kier alpha value is -2.41. The minimum Gasteiger partial charge on any atom is -0.490 e. The monoisotopic (exact) mass is 295 g/mol. The van der Waals surface area contributed by atoms with Crippen molar-refractivity contribution in [2.24, 2.45) is 5.73 Å². The molecule has 0 amide bonds. The van der Waals surface area contributed by atoms with Gasteiger partial charge in [0.25, 0.3) is 0 Å². The second-order valence-corrected chi connectivity index (χ2v) is 4.15. The van der Waals surface area contributed by atoms with Crippen LogP contribution in [-0.2, 0) is 23.8 Å². The molecule has 0 aromatic heterocycles. The maximum Gasteiger partial charge on any atom is 0.342 e. The van der Waals surface area contributed by atoms with Crippen LogP contribution < -0.4 is 5.73 Å². The number of hydrogen-bond donors (Lipinski definition) is 1. The zero-order valence-corrected chi connectivity index (χ0v) is 11.1. The lowest BCUT2D eigenvalue weighted by Crippen LogP contribution is -2.19. The molecule has 0 bridgehead atoms. The summed E-state index contributed by atoms with van der Waals surface area (Å²) in [6, 6.07) is 5.42. The van der Waals surface area contributed by atoms with E-state index in [1.165, 1.54) is 24.3 Å². The Balaban J connectivity index is 2.02. The van der Waals surface area contributed by atoms with Gasteiger partial charge in [0.15, 0.2) is 0 Å². The molecule has 1 aromatic rings. The molecule has 1 aromatic carbocycles. The molecule has 7 heteroatoms. The molecule has 0 atom stereocenters. The smallest absolute Gasteiger partial charge is 0.342 e. The van der Waals surface area contributed by atoms with Crippen LogP contribution in [0, 0.1) is 5.82 Å². The van der Waals surface area contributed by atoms with Crippen LogP contribution in [0.4, 0.5) is 4.39 Å². The van der Waals surface area contributed by atoms with Crippen molar-refractivity contribution in [2.75, 3.05) is 26.4 Å². The van der Waals surface area contributed by atoms with Gasteiger partial charge in [-0.2, -0.15) is 0 Å². The highest BCUT2D eigenvalue weighted by Gasteiger charge is 2.27. The highest BCUT2D eigenvalue weighted by molar-refractivity contribution is 6.18. The van der Waals surface area contributed by atoms with Gasteiger partial charge < -0.3 is 19.9 Å². The molecule has 0 saturated carbocycles. The number of halogens is 1. The molecule has 0 saturated heterocycles. The zero-order valence-electron chi connectivity index (χ0n) is 11.1. The first kappa shape index (κ1) is 15.0. The van der Waals surface area contributed by atoms with Crippen LogP contribution >= 0.6 is 0 Å². The second kappa shape index (κ2) is 6.85. The van der Waals surface area contributed by atoms with Crippen molar-refractivity contribution in [3.05, 3.63) is 41.4 Å². The van der Waals surface area contributed by atoms with E-state index in [1.54, 1.807) is 0 Å². The number of rotatable bonds is 6. The van der Waals surface area contributed by atoms with E-state index in [0.717, 1.165) is 0 Å². The Bertz CT molecular complexity index is 567. The fourth-order valence-corrected chi connectivity index (χ4v) is 1.78. The predicted octanol–water partition coefficient (Wildman–Crippen LogP) is 0.612. The summed E-state index contributed by atoms with van der Waals surface area (Å²) < 4.78 is 27.9. The average Bonchev–Trinajstić information content (AvgIpc) is 2.85. The van der Waals surface area contributed by atoms with Crippen LogP contribution in [0.5, 0.6) is 0 Å². The second-order valence-electron chi connectivity index (χ2n) is 4.15. The Morgan fingerprint density at radius 2 is 2.00 bits per heavy atom. The van der Waals surface area contributed by atoms with Gasteiger partial charge in [0.2, 0.25) is 0 Å². The third kappa shape index (κ3) is 3.79. The Kier molecular flexibility index (Phi) is 4.89. The minimum atomic E-state index is -0.537. The van der Waals surface area contributed by atoms with E-state index in [1.807, 2.05) is 0 Å². The number of benzene rings is 1. The van der Waals surface area contributed by atoms with E-state index in [-0.39, 0.29) is 31.9 Å². The van der Waals surface area contributed by atoms with Crippen molar-refractivity contribution in [3.63, 3.8) is 0 Å². The highest BCUT2D eigenvalue weighted by atomic mass is 19.1. The number of hydrogen-bond acceptors (Lipinski definition) is 6. The van der Waals surface area contributed by atoms with Gasteiger partial charge in [-0.05, 0) is 17.7 Å². The van der Waals surface area contributed by atoms with Crippen molar-refractivity contribution in [1.29, 1.82) is 0 Å². The van der Waals surface area contributed by atoms with Gasteiger partial charge in [0.1, 0.15) is 37.0 Å².